The summed E-state index contributed by atoms with van der Waals surface area (Å²) in [6.45, 7) is 3.27. The molecule has 0 aromatic heterocycles. The Morgan fingerprint density at radius 3 is 2.42 bits per heavy atom. The van der Waals surface area contributed by atoms with Gasteiger partial charge in [-0.1, -0.05) is 41.4 Å². The van der Waals surface area contributed by atoms with Gasteiger partial charge in [0.15, 0.2) is 0 Å². The van der Waals surface area contributed by atoms with Crippen molar-refractivity contribution in [3.63, 3.8) is 0 Å². The first kappa shape index (κ1) is 14.0. The molecule has 4 heteroatoms. The maximum Gasteiger partial charge on any atom is 0.119 e. The van der Waals surface area contributed by atoms with Gasteiger partial charge in [-0.2, -0.15) is 0 Å². The molecule has 0 fully saturated rings. The summed E-state index contributed by atoms with van der Waals surface area (Å²) >= 11 is 12.2. The van der Waals surface area contributed by atoms with Gasteiger partial charge in [-0.3, -0.25) is 0 Å². The Bertz CT molecular complexity index is 537. The predicted octanol–water partition coefficient (Wildman–Crippen LogP) is 5.00. The fourth-order valence-electron chi connectivity index (χ4n) is 1.77. The Morgan fingerprint density at radius 2 is 1.74 bits per heavy atom. The first-order valence-electron chi connectivity index (χ1n) is 6.10. The van der Waals surface area contributed by atoms with Crippen molar-refractivity contribution in [3.05, 3.63) is 58.1 Å². The van der Waals surface area contributed by atoms with Gasteiger partial charge in [-0.25, -0.2) is 0 Å². The third-order valence-electron chi connectivity index (χ3n) is 2.64. The molecule has 2 aromatic carbocycles. The van der Waals surface area contributed by atoms with Crippen molar-refractivity contribution >= 4 is 28.9 Å². The number of ether oxygens (including phenoxy) is 1. The van der Waals surface area contributed by atoms with Crippen LogP contribution in [0.4, 0.5) is 5.69 Å². The first-order valence-corrected chi connectivity index (χ1v) is 6.86. The van der Waals surface area contributed by atoms with Crippen molar-refractivity contribution in [1.82, 2.24) is 0 Å². The second kappa shape index (κ2) is 6.69. The Hall–Kier alpha value is -1.38. The molecule has 19 heavy (non-hydrogen) atoms. The number of hydrogen-bond donors (Lipinski definition) is 1. The molecule has 0 aliphatic rings. The summed E-state index contributed by atoms with van der Waals surface area (Å²) in [4.78, 5) is 0. The SMILES string of the molecule is CCOc1cccc(CNc2c(Cl)cccc2Cl)c1. The molecule has 0 saturated carbocycles. The highest BCUT2D eigenvalue weighted by Gasteiger charge is 2.05. The van der Waals surface area contributed by atoms with Crippen molar-refractivity contribution in [2.24, 2.45) is 0 Å². The molecule has 0 amide bonds. The number of benzene rings is 2. The standard InChI is InChI=1S/C15H15Cl2NO/c1-2-19-12-6-3-5-11(9-12)10-18-15-13(16)7-4-8-14(15)17/h3-9,18H,2,10H2,1H3. The van der Waals surface area contributed by atoms with E-state index >= 15 is 0 Å². The highest BCUT2D eigenvalue weighted by atomic mass is 35.5. The highest BCUT2D eigenvalue weighted by molar-refractivity contribution is 6.39. The van der Waals surface area contributed by atoms with Crippen LogP contribution < -0.4 is 10.1 Å². The zero-order valence-electron chi connectivity index (χ0n) is 10.6. The third-order valence-corrected chi connectivity index (χ3v) is 3.27. The molecule has 0 atom stereocenters. The molecule has 100 valence electrons. The number of halogens is 2. The Kier molecular flexibility index (Phi) is 4.94. The van der Waals surface area contributed by atoms with E-state index in [0.29, 0.717) is 23.2 Å². The van der Waals surface area contributed by atoms with Crippen LogP contribution in [0.2, 0.25) is 10.0 Å². The summed E-state index contributed by atoms with van der Waals surface area (Å²) in [5.41, 5.74) is 1.87. The van der Waals surface area contributed by atoms with E-state index in [2.05, 4.69) is 5.32 Å². The van der Waals surface area contributed by atoms with E-state index in [1.165, 1.54) is 0 Å². The minimum atomic E-state index is 0.619. The van der Waals surface area contributed by atoms with E-state index in [4.69, 9.17) is 27.9 Å². The molecule has 2 nitrogen and oxygen atoms in total. The fourth-order valence-corrected chi connectivity index (χ4v) is 2.30. The van der Waals surface area contributed by atoms with Gasteiger partial charge in [-0.05, 0) is 36.8 Å². The molecule has 2 aromatic rings. The van der Waals surface area contributed by atoms with Crippen molar-refractivity contribution < 1.29 is 4.74 Å². The number of nitrogens with one attached hydrogen (secondary N) is 1. The molecule has 0 heterocycles. The van der Waals surface area contributed by atoms with Gasteiger partial charge >= 0.3 is 0 Å². The van der Waals surface area contributed by atoms with Gasteiger partial charge < -0.3 is 10.1 Å². The molecular formula is C15H15Cl2NO. The largest absolute Gasteiger partial charge is 0.494 e. The second-order valence-corrected chi connectivity index (χ2v) is 4.85. The normalized spacial score (nSPS) is 10.3. The topological polar surface area (TPSA) is 21.3 Å². The first-order chi connectivity index (χ1) is 9.20. The minimum Gasteiger partial charge on any atom is -0.494 e. The highest BCUT2D eigenvalue weighted by Crippen LogP contribution is 2.30. The minimum absolute atomic E-state index is 0.619. The Balaban J connectivity index is 2.08. The van der Waals surface area contributed by atoms with Crippen molar-refractivity contribution in [2.75, 3.05) is 11.9 Å². The lowest BCUT2D eigenvalue weighted by atomic mass is 10.2. The van der Waals surface area contributed by atoms with Crippen molar-refractivity contribution in [1.29, 1.82) is 0 Å². The summed E-state index contributed by atoms with van der Waals surface area (Å²) in [7, 11) is 0. The predicted molar refractivity (Wildman–Crippen MR) is 81.4 cm³/mol. The summed E-state index contributed by atoms with van der Waals surface area (Å²) in [5.74, 6) is 0.868. The van der Waals surface area contributed by atoms with Gasteiger partial charge in [0.25, 0.3) is 0 Å². The van der Waals surface area contributed by atoms with Gasteiger partial charge in [0.2, 0.25) is 0 Å². The molecule has 0 aliphatic carbocycles. The quantitative estimate of drug-likeness (QED) is 0.838. The molecule has 0 saturated heterocycles. The summed E-state index contributed by atoms with van der Waals surface area (Å²) < 4.78 is 5.47. The average molecular weight is 296 g/mol. The zero-order valence-corrected chi connectivity index (χ0v) is 12.1. The van der Waals surface area contributed by atoms with Gasteiger partial charge in [0, 0.05) is 6.54 Å². The van der Waals surface area contributed by atoms with Gasteiger partial charge in [0.05, 0.1) is 22.3 Å². The second-order valence-electron chi connectivity index (χ2n) is 4.03. The molecule has 0 aliphatic heterocycles. The van der Waals surface area contributed by atoms with Crippen LogP contribution in [0.1, 0.15) is 12.5 Å². The van der Waals surface area contributed by atoms with Crippen LogP contribution in [0.25, 0.3) is 0 Å². The molecule has 2 rings (SSSR count). The van der Waals surface area contributed by atoms with E-state index in [1.807, 2.05) is 49.4 Å². The fraction of sp³-hybridized carbons (Fsp3) is 0.200. The number of anilines is 1. The number of para-hydroxylation sites is 1. The lowest BCUT2D eigenvalue weighted by Gasteiger charge is -2.11. The van der Waals surface area contributed by atoms with Crippen LogP contribution in [0.15, 0.2) is 42.5 Å². The van der Waals surface area contributed by atoms with Crippen LogP contribution in [0, 0.1) is 0 Å². The number of hydrogen-bond acceptors (Lipinski definition) is 2. The lowest BCUT2D eigenvalue weighted by molar-refractivity contribution is 0.340. The van der Waals surface area contributed by atoms with E-state index < -0.39 is 0 Å². The van der Waals surface area contributed by atoms with Crippen LogP contribution >= 0.6 is 23.2 Å². The van der Waals surface area contributed by atoms with Crippen LogP contribution in [0.5, 0.6) is 5.75 Å². The van der Waals surface area contributed by atoms with Crippen LogP contribution in [0.3, 0.4) is 0 Å². The van der Waals surface area contributed by atoms with E-state index in [-0.39, 0.29) is 0 Å². The van der Waals surface area contributed by atoms with E-state index in [9.17, 15) is 0 Å². The Morgan fingerprint density at radius 1 is 1.05 bits per heavy atom. The summed E-state index contributed by atoms with van der Waals surface area (Å²) in [6.07, 6.45) is 0. The third kappa shape index (κ3) is 3.79. The van der Waals surface area contributed by atoms with Gasteiger partial charge in [0.1, 0.15) is 5.75 Å². The van der Waals surface area contributed by atoms with Crippen LogP contribution in [-0.4, -0.2) is 6.61 Å². The summed E-state index contributed by atoms with van der Waals surface area (Å²) in [6, 6.07) is 13.4. The maximum absolute atomic E-state index is 6.11. The van der Waals surface area contributed by atoms with Crippen molar-refractivity contribution in [3.8, 4) is 5.75 Å². The smallest absolute Gasteiger partial charge is 0.119 e. The molecule has 0 radical (unpaired) electrons. The van der Waals surface area contributed by atoms with Gasteiger partial charge in [-0.15, -0.1) is 0 Å². The molecular weight excluding hydrogens is 281 g/mol. The number of rotatable bonds is 5. The van der Waals surface area contributed by atoms with Crippen LogP contribution in [-0.2, 0) is 6.54 Å². The van der Waals surface area contributed by atoms with Crippen molar-refractivity contribution in [2.45, 2.75) is 13.5 Å². The van der Waals surface area contributed by atoms with E-state index in [0.717, 1.165) is 17.0 Å². The monoisotopic (exact) mass is 295 g/mol. The Labute approximate surface area is 123 Å². The average Bonchev–Trinajstić information content (AvgIpc) is 2.39. The zero-order chi connectivity index (χ0) is 13.7. The molecule has 1 N–H and O–H groups in total. The molecule has 0 unspecified atom stereocenters. The molecule has 0 spiro atoms. The summed E-state index contributed by atoms with van der Waals surface area (Å²) in [5, 5.41) is 4.49. The van der Waals surface area contributed by atoms with E-state index in [1.54, 1.807) is 0 Å². The maximum atomic E-state index is 6.11. The lowest BCUT2D eigenvalue weighted by Crippen LogP contribution is -2.01. The molecule has 0 bridgehead atoms.